The minimum atomic E-state index is 0.365. The molecule has 21 heavy (non-hydrogen) atoms. The van der Waals surface area contributed by atoms with Crippen molar-refractivity contribution in [3.8, 4) is 5.75 Å². The number of benzene rings is 1. The third-order valence-corrected chi connectivity index (χ3v) is 7.02. The summed E-state index contributed by atoms with van der Waals surface area (Å²) in [7, 11) is 0. The molecule has 1 spiro atoms. The van der Waals surface area contributed by atoms with E-state index in [-0.39, 0.29) is 0 Å². The lowest BCUT2D eigenvalue weighted by molar-refractivity contribution is -0.0308. The van der Waals surface area contributed by atoms with E-state index in [9.17, 15) is 0 Å². The number of rotatable bonds is 3. The normalized spacial score (nSPS) is 27.1. The van der Waals surface area contributed by atoms with Crippen molar-refractivity contribution in [1.29, 1.82) is 0 Å². The standard InChI is InChI=1S/C18H24BrClO/c1-11(2)13-9-15(12(3)8-14(13)20)21-17-10-16(19)18(17)6-4-5-7-18/h8-9,11,16-17H,4-7,10H2,1-3H3. The van der Waals surface area contributed by atoms with E-state index in [0.29, 0.717) is 22.3 Å². The average Bonchev–Trinajstić information content (AvgIpc) is 2.93. The van der Waals surface area contributed by atoms with Crippen molar-refractivity contribution in [2.75, 3.05) is 0 Å². The Morgan fingerprint density at radius 3 is 2.52 bits per heavy atom. The molecule has 3 heteroatoms. The van der Waals surface area contributed by atoms with Crippen LogP contribution in [-0.4, -0.2) is 10.9 Å². The summed E-state index contributed by atoms with van der Waals surface area (Å²) >= 11 is 10.2. The Balaban J connectivity index is 1.84. The van der Waals surface area contributed by atoms with Gasteiger partial charge >= 0.3 is 0 Å². The maximum atomic E-state index is 6.45. The predicted molar refractivity (Wildman–Crippen MR) is 92.9 cm³/mol. The molecule has 2 fully saturated rings. The van der Waals surface area contributed by atoms with Gasteiger partial charge < -0.3 is 4.74 Å². The van der Waals surface area contributed by atoms with Gasteiger partial charge in [-0.25, -0.2) is 0 Å². The molecule has 1 aromatic rings. The van der Waals surface area contributed by atoms with Crippen molar-refractivity contribution >= 4 is 27.5 Å². The fourth-order valence-corrected chi connectivity index (χ4v) is 5.45. The van der Waals surface area contributed by atoms with E-state index in [0.717, 1.165) is 22.8 Å². The van der Waals surface area contributed by atoms with Gasteiger partial charge in [-0.2, -0.15) is 0 Å². The molecule has 0 aromatic heterocycles. The van der Waals surface area contributed by atoms with Crippen LogP contribution >= 0.6 is 27.5 Å². The number of alkyl halides is 1. The largest absolute Gasteiger partial charge is 0.489 e. The molecule has 1 aromatic carbocycles. The third kappa shape index (κ3) is 2.63. The molecule has 3 rings (SSSR count). The molecule has 0 aliphatic heterocycles. The summed E-state index contributed by atoms with van der Waals surface area (Å²) in [6.45, 7) is 6.45. The van der Waals surface area contributed by atoms with Gasteiger partial charge in [0.1, 0.15) is 11.9 Å². The zero-order valence-corrected chi connectivity index (χ0v) is 15.4. The summed E-state index contributed by atoms with van der Waals surface area (Å²) in [6.07, 6.45) is 6.79. The molecule has 0 radical (unpaired) electrons. The summed E-state index contributed by atoms with van der Waals surface area (Å²) in [5.41, 5.74) is 2.72. The van der Waals surface area contributed by atoms with Gasteiger partial charge in [0.2, 0.25) is 0 Å². The maximum absolute atomic E-state index is 6.45. The summed E-state index contributed by atoms with van der Waals surface area (Å²) in [5, 5.41) is 0.859. The van der Waals surface area contributed by atoms with Crippen molar-refractivity contribution < 1.29 is 4.74 Å². The maximum Gasteiger partial charge on any atom is 0.123 e. The van der Waals surface area contributed by atoms with Gasteiger partial charge in [-0.3, -0.25) is 0 Å². The van der Waals surface area contributed by atoms with Crippen LogP contribution in [0.15, 0.2) is 12.1 Å². The van der Waals surface area contributed by atoms with Crippen LogP contribution in [0.1, 0.15) is 63.0 Å². The van der Waals surface area contributed by atoms with E-state index in [1.54, 1.807) is 0 Å². The van der Waals surface area contributed by atoms with Gasteiger partial charge in [-0.15, -0.1) is 0 Å². The Morgan fingerprint density at radius 2 is 1.95 bits per heavy atom. The first-order chi connectivity index (χ1) is 9.94. The quantitative estimate of drug-likeness (QED) is 0.571. The Labute approximate surface area is 141 Å². The van der Waals surface area contributed by atoms with Gasteiger partial charge in [0, 0.05) is 15.3 Å². The molecule has 2 saturated carbocycles. The van der Waals surface area contributed by atoms with Crippen LogP contribution in [0, 0.1) is 12.3 Å². The zero-order valence-electron chi connectivity index (χ0n) is 13.1. The molecule has 1 nitrogen and oxygen atoms in total. The Hall–Kier alpha value is -0.210. The van der Waals surface area contributed by atoms with E-state index in [1.807, 2.05) is 0 Å². The number of halogens is 2. The second-order valence-electron chi connectivity index (χ2n) is 7.04. The van der Waals surface area contributed by atoms with Gasteiger partial charge in [0.15, 0.2) is 0 Å². The summed E-state index contributed by atoms with van der Waals surface area (Å²) in [5.74, 6) is 1.45. The highest BCUT2D eigenvalue weighted by atomic mass is 79.9. The van der Waals surface area contributed by atoms with Crippen molar-refractivity contribution in [3.63, 3.8) is 0 Å². The van der Waals surface area contributed by atoms with Crippen LogP contribution in [0.3, 0.4) is 0 Å². The highest BCUT2D eigenvalue weighted by Crippen LogP contribution is 2.58. The van der Waals surface area contributed by atoms with Crippen LogP contribution in [0.25, 0.3) is 0 Å². The Morgan fingerprint density at radius 1 is 1.29 bits per heavy atom. The molecular formula is C18H24BrClO. The van der Waals surface area contributed by atoms with Crippen LogP contribution in [-0.2, 0) is 0 Å². The molecule has 0 amide bonds. The molecular weight excluding hydrogens is 348 g/mol. The van der Waals surface area contributed by atoms with Gasteiger partial charge in [0.05, 0.1) is 0 Å². The van der Waals surface area contributed by atoms with E-state index >= 15 is 0 Å². The van der Waals surface area contributed by atoms with Gasteiger partial charge in [-0.1, -0.05) is 54.2 Å². The molecule has 0 bridgehead atoms. The number of ether oxygens (including phenoxy) is 1. The molecule has 2 unspecified atom stereocenters. The van der Waals surface area contributed by atoms with E-state index in [4.69, 9.17) is 16.3 Å². The fraction of sp³-hybridized carbons (Fsp3) is 0.667. The van der Waals surface area contributed by atoms with Crippen LogP contribution in [0.4, 0.5) is 0 Å². The monoisotopic (exact) mass is 370 g/mol. The lowest BCUT2D eigenvalue weighted by atomic mass is 9.64. The van der Waals surface area contributed by atoms with E-state index in [2.05, 4.69) is 48.8 Å². The average molecular weight is 372 g/mol. The SMILES string of the molecule is Cc1cc(Cl)c(C(C)C)cc1OC1CC(Br)C12CCCC2. The molecule has 2 aliphatic carbocycles. The predicted octanol–water partition coefficient (Wildman–Crippen LogP) is 6.25. The van der Waals surface area contributed by atoms with Crippen LogP contribution in [0.2, 0.25) is 5.02 Å². The first-order valence-corrected chi connectivity index (χ1v) is 9.34. The third-order valence-electron chi connectivity index (χ3n) is 5.41. The summed E-state index contributed by atoms with van der Waals surface area (Å²) < 4.78 is 6.45. The van der Waals surface area contributed by atoms with Crippen molar-refractivity contribution in [3.05, 3.63) is 28.3 Å². The molecule has 0 N–H and O–H groups in total. The molecule has 0 saturated heterocycles. The molecule has 0 heterocycles. The first-order valence-electron chi connectivity index (χ1n) is 8.05. The summed E-state index contributed by atoms with van der Waals surface area (Å²) in [6, 6.07) is 4.21. The van der Waals surface area contributed by atoms with Gasteiger partial charge in [-0.05, 0) is 55.4 Å². The highest BCUT2D eigenvalue weighted by molar-refractivity contribution is 9.09. The first kappa shape index (κ1) is 15.7. The zero-order chi connectivity index (χ0) is 15.2. The smallest absolute Gasteiger partial charge is 0.123 e. The fourth-order valence-electron chi connectivity index (χ4n) is 3.92. The van der Waals surface area contributed by atoms with E-state index < -0.39 is 0 Å². The Bertz CT molecular complexity index is 534. The van der Waals surface area contributed by atoms with E-state index in [1.165, 1.54) is 31.2 Å². The van der Waals surface area contributed by atoms with Crippen molar-refractivity contribution in [2.45, 2.75) is 69.7 Å². The molecule has 116 valence electrons. The lowest BCUT2D eigenvalue weighted by Crippen LogP contribution is -2.55. The minimum absolute atomic E-state index is 0.365. The van der Waals surface area contributed by atoms with Gasteiger partial charge in [0.25, 0.3) is 0 Å². The summed E-state index contributed by atoms with van der Waals surface area (Å²) in [4.78, 5) is 0.634. The number of aryl methyl sites for hydroxylation is 1. The number of hydrogen-bond acceptors (Lipinski definition) is 1. The van der Waals surface area contributed by atoms with Crippen molar-refractivity contribution in [1.82, 2.24) is 0 Å². The topological polar surface area (TPSA) is 9.23 Å². The second kappa shape index (κ2) is 5.77. The Kier molecular flexibility index (Phi) is 4.31. The molecule has 2 atom stereocenters. The van der Waals surface area contributed by atoms with Crippen LogP contribution < -0.4 is 4.74 Å². The van der Waals surface area contributed by atoms with Crippen molar-refractivity contribution in [2.24, 2.45) is 5.41 Å². The lowest BCUT2D eigenvalue weighted by Gasteiger charge is -2.51. The minimum Gasteiger partial charge on any atom is -0.489 e. The molecule has 2 aliphatic rings. The van der Waals surface area contributed by atoms with Crippen LogP contribution in [0.5, 0.6) is 5.75 Å². The second-order valence-corrected chi connectivity index (χ2v) is 8.56. The number of hydrogen-bond donors (Lipinski definition) is 0. The highest BCUT2D eigenvalue weighted by Gasteiger charge is 2.56.